The Morgan fingerprint density at radius 2 is 1.63 bits per heavy atom. The lowest BCUT2D eigenvalue weighted by Gasteiger charge is -2.32. The molecule has 4 N–H and O–H groups in total. The largest absolute Gasteiger partial charge is 0.484 e. The summed E-state index contributed by atoms with van der Waals surface area (Å²) in [6.07, 6.45) is 1.06. The van der Waals surface area contributed by atoms with Gasteiger partial charge in [-0.15, -0.1) is 0 Å². The molecule has 182 valence electrons. The average Bonchev–Trinajstić information content (AvgIpc) is 2.86. The molecule has 2 amide bonds. The number of halogens is 1. The number of rotatable bonds is 8. The first-order valence-corrected chi connectivity index (χ1v) is 11.0. The molecule has 0 atom stereocenters. The van der Waals surface area contributed by atoms with Gasteiger partial charge in [-0.1, -0.05) is 0 Å². The lowest BCUT2D eigenvalue weighted by molar-refractivity contribution is -0.119. The van der Waals surface area contributed by atoms with E-state index in [1.807, 2.05) is 11.9 Å². The Kier molecular flexibility index (Phi) is 7.36. The van der Waals surface area contributed by atoms with Gasteiger partial charge >= 0.3 is 0 Å². The number of hydrogen-bond acceptors (Lipinski definition) is 8. The molecule has 2 heterocycles. The van der Waals surface area contributed by atoms with E-state index < -0.39 is 11.7 Å². The van der Waals surface area contributed by atoms with Crippen molar-refractivity contribution in [1.82, 2.24) is 19.8 Å². The zero-order chi connectivity index (χ0) is 24.8. The van der Waals surface area contributed by atoms with Gasteiger partial charge in [0.25, 0.3) is 11.8 Å². The van der Waals surface area contributed by atoms with Crippen LogP contribution in [-0.2, 0) is 4.79 Å². The summed E-state index contributed by atoms with van der Waals surface area (Å²) in [4.78, 5) is 35.7. The van der Waals surface area contributed by atoms with E-state index in [-0.39, 0.29) is 24.3 Å². The number of amides is 2. The number of carbonyl (C=O) groups excluding carboxylic acids is 2. The molecule has 11 heteroatoms. The minimum absolute atomic E-state index is 0.000198. The summed E-state index contributed by atoms with van der Waals surface area (Å²) in [5.41, 5.74) is 6.88. The Morgan fingerprint density at radius 3 is 2.29 bits per heavy atom. The van der Waals surface area contributed by atoms with Gasteiger partial charge in [0.05, 0.1) is 6.20 Å². The number of nitrogens with zero attached hydrogens (tertiary/aromatic N) is 4. The summed E-state index contributed by atoms with van der Waals surface area (Å²) < 4.78 is 19.5. The van der Waals surface area contributed by atoms with Crippen molar-refractivity contribution in [2.45, 2.75) is 0 Å². The monoisotopic (exact) mass is 479 g/mol. The van der Waals surface area contributed by atoms with Gasteiger partial charge in [0, 0.05) is 43.1 Å². The zero-order valence-electron chi connectivity index (χ0n) is 19.2. The molecule has 2 aromatic carbocycles. The number of benzene rings is 2. The number of carbonyl (C=O) groups is 2. The maximum absolute atomic E-state index is 14.3. The van der Waals surface area contributed by atoms with Crippen LogP contribution in [0.5, 0.6) is 5.75 Å². The first kappa shape index (κ1) is 23.9. The van der Waals surface area contributed by atoms with Crippen LogP contribution >= 0.6 is 0 Å². The van der Waals surface area contributed by atoms with Crippen molar-refractivity contribution in [2.75, 3.05) is 50.5 Å². The van der Waals surface area contributed by atoms with E-state index in [1.165, 1.54) is 0 Å². The molecule has 1 fully saturated rings. The highest BCUT2D eigenvalue weighted by molar-refractivity contribution is 5.94. The smallest absolute Gasteiger partial charge is 0.255 e. The molecule has 1 aromatic heterocycles. The standard InChI is InChI=1S/C24H26FN7O3/c1-31-10-12-32(13-11-31)23(34)16-2-4-18(5-3-16)29-24-27-14-20(25)22(30-24)28-17-6-8-19(9-7-17)35-15-21(26)33/h2-9,14H,10-13,15H2,1H3,(H2,26,33)(H2,27,28,29,30). The average molecular weight is 480 g/mol. The van der Waals surface area contributed by atoms with Crippen LogP contribution in [0.15, 0.2) is 54.7 Å². The highest BCUT2D eigenvalue weighted by Crippen LogP contribution is 2.23. The fourth-order valence-electron chi connectivity index (χ4n) is 3.46. The predicted molar refractivity (Wildman–Crippen MR) is 130 cm³/mol. The van der Waals surface area contributed by atoms with Crippen molar-refractivity contribution in [3.63, 3.8) is 0 Å². The van der Waals surface area contributed by atoms with Crippen molar-refractivity contribution < 1.29 is 18.7 Å². The maximum Gasteiger partial charge on any atom is 0.255 e. The van der Waals surface area contributed by atoms with Crippen LogP contribution in [0.2, 0.25) is 0 Å². The Balaban J connectivity index is 1.39. The number of hydrogen-bond donors (Lipinski definition) is 3. The summed E-state index contributed by atoms with van der Waals surface area (Å²) in [7, 11) is 2.04. The van der Waals surface area contributed by atoms with Crippen LogP contribution in [0.3, 0.4) is 0 Å². The second-order valence-electron chi connectivity index (χ2n) is 8.09. The summed E-state index contributed by atoms with van der Waals surface area (Å²) in [5, 5.41) is 5.91. The molecule has 1 aliphatic rings. The van der Waals surface area contributed by atoms with Crippen LogP contribution in [0.25, 0.3) is 0 Å². The molecule has 1 aliphatic heterocycles. The van der Waals surface area contributed by atoms with Gasteiger partial charge in [-0.3, -0.25) is 9.59 Å². The van der Waals surface area contributed by atoms with Gasteiger partial charge in [0.15, 0.2) is 18.2 Å². The van der Waals surface area contributed by atoms with Crippen molar-refractivity contribution >= 4 is 35.0 Å². The second-order valence-corrected chi connectivity index (χ2v) is 8.09. The Morgan fingerprint density at radius 1 is 1.00 bits per heavy atom. The van der Waals surface area contributed by atoms with E-state index in [2.05, 4.69) is 25.5 Å². The second kappa shape index (κ2) is 10.8. The predicted octanol–water partition coefficient (Wildman–Crippen LogP) is 2.35. The van der Waals surface area contributed by atoms with Crippen molar-refractivity contribution in [1.29, 1.82) is 0 Å². The molecule has 0 bridgehead atoms. The van der Waals surface area contributed by atoms with Crippen LogP contribution in [-0.4, -0.2) is 71.4 Å². The first-order valence-electron chi connectivity index (χ1n) is 11.0. The van der Waals surface area contributed by atoms with Crippen LogP contribution in [0.1, 0.15) is 10.4 Å². The number of anilines is 4. The molecule has 3 aromatic rings. The zero-order valence-corrected chi connectivity index (χ0v) is 19.2. The molecule has 0 spiro atoms. The van der Waals surface area contributed by atoms with Crippen molar-refractivity contribution in [3.05, 3.63) is 66.1 Å². The van der Waals surface area contributed by atoms with E-state index in [0.29, 0.717) is 35.8 Å². The quantitative estimate of drug-likeness (QED) is 0.450. The van der Waals surface area contributed by atoms with Gasteiger partial charge in [-0.25, -0.2) is 9.37 Å². The maximum atomic E-state index is 14.3. The lowest BCUT2D eigenvalue weighted by atomic mass is 10.1. The summed E-state index contributed by atoms with van der Waals surface area (Å²) in [6.45, 7) is 2.90. The van der Waals surface area contributed by atoms with Crippen molar-refractivity contribution in [3.8, 4) is 5.75 Å². The minimum atomic E-state index is -0.627. The van der Waals surface area contributed by atoms with Gasteiger partial charge < -0.3 is 30.9 Å². The highest BCUT2D eigenvalue weighted by Gasteiger charge is 2.20. The van der Waals surface area contributed by atoms with E-state index in [0.717, 1.165) is 19.3 Å². The summed E-state index contributed by atoms with van der Waals surface area (Å²) in [6, 6.07) is 13.5. The molecule has 0 radical (unpaired) electrons. The Hall–Kier alpha value is -4.25. The van der Waals surface area contributed by atoms with Gasteiger partial charge in [-0.05, 0) is 55.6 Å². The van der Waals surface area contributed by atoms with E-state index >= 15 is 0 Å². The van der Waals surface area contributed by atoms with E-state index in [9.17, 15) is 14.0 Å². The number of ether oxygens (including phenoxy) is 1. The molecule has 0 aliphatic carbocycles. The molecule has 10 nitrogen and oxygen atoms in total. The molecule has 0 saturated carbocycles. The molecular formula is C24H26FN7O3. The van der Waals surface area contributed by atoms with Crippen LogP contribution < -0.4 is 21.1 Å². The number of nitrogens with two attached hydrogens (primary N) is 1. The third kappa shape index (κ3) is 6.42. The SMILES string of the molecule is CN1CCN(C(=O)c2ccc(Nc3ncc(F)c(Nc4ccc(OCC(N)=O)cc4)n3)cc2)CC1. The molecule has 0 unspecified atom stereocenters. The molecule has 1 saturated heterocycles. The van der Waals surface area contributed by atoms with Gasteiger partial charge in [0.1, 0.15) is 5.75 Å². The number of likely N-dealkylation sites (N-methyl/N-ethyl adjacent to an activating group) is 1. The molecule has 4 rings (SSSR count). The minimum Gasteiger partial charge on any atom is -0.484 e. The topological polar surface area (TPSA) is 126 Å². The normalized spacial score (nSPS) is 13.8. The Bertz CT molecular complexity index is 1180. The lowest BCUT2D eigenvalue weighted by Crippen LogP contribution is -2.47. The fourth-order valence-corrected chi connectivity index (χ4v) is 3.46. The first-order chi connectivity index (χ1) is 16.9. The summed E-state index contributed by atoms with van der Waals surface area (Å²) >= 11 is 0. The number of piperazine rings is 1. The fraction of sp³-hybridized carbons (Fsp3) is 0.250. The molecule has 35 heavy (non-hydrogen) atoms. The number of nitrogens with one attached hydrogen (secondary N) is 2. The highest BCUT2D eigenvalue weighted by atomic mass is 19.1. The van der Waals surface area contributed by atoms with Gasteiger partial charge in [-0.2, -0.15) is 4.98 Å². The van der Waals surface area contributed by atoms with E-state index in [4.69, 9.17) is 10.5 Å². The number of aromatic nitrogens is 2. The van der Waals surface area contributed by atoms with Crippen LogP contribution in [0.4, 0.5) is 27.5 Å². The van der Waals surface area contributed by atoms with E-state index in [1.54, 1.807) is 48.5 Å². The Labute approximate surface area is 201 Å². The van der Waals surface area contributed by atoms with Crippen molar-refractivity contribution in [2.24, 2.45) is 5.73 Å². The van der Waals surface area contributed by atoms with Gasteiger partial charge in [0.2, 0.25) is 5.95 Å². The van der Waals surface area contributed by atoms with Crippen LogP contribution in [0, 0.1) is 5.82 Å². The third-order valence-electron chi connectivity index (χ3n) is 5.42. The molecular weight excluding hydrogens is 453 g/mol. The summed E-state index contributed by atoms with van der Waals surface area (Å²) in [5.74, 6) is -0.581. The third-order valence-corrected chi connectivity index (χ3v) is 5.42. The number of primary amides is 1.